The standard InChI is InChI=1S/C30H32N2O2/c1-4-5-14-25-27-20-24(34-19-17-23-13-9-10-18-31-23)15-16-26(27)28(22-11-7-6-8-12-22)29(25)30(33)32-21(2)3/h6-16,18,20-21H,4-5,17,19H2,1-3H3,(H,32,33)/b25-14-. The van der Waals surface area contributed by atoms with Gasteiger partial charge in [0.2, 0.25) is 0 Å². The average molecular weight is 453 g/mol. The number of carbonyl (C=O) groups excluding carboxylic acids is 1. The molecule has 174 valence electrons. The molecule has 4 heteroatoms. The van der Waals surface area contributed by atoms with Crippen molar-refractivity contribution in [3.63, 3.8) is 0 Å². The molecule has 1 aliphatic carbocycles. The highest BCUT2D eigenvalue weighted by Gasteiger charge is 2.32. The first-order valence-electron chi connectivity index (χ1n) is 12.1. The zero-order valence-electron chi connectivity index (χ0n) is 20.2. The van der Waals surface area contributed by atoms with E-state index in [2.05, 4.69) is 47.6 Å². The second kappa shape index (κ2) is 11.0. The van der Waals surface area contributed by atoms with Crippen molar-refractivity contribution in [3.05, 3.63) is 107 Å². The summed E-state index contributed by atoms with van der Waals surface area (Å²) in [7, 11) is 0. The smallest absolute Gasteiger partial charge is 0.252 e. The molecule has 1 N–H and O–H groups in total. The van der Waals surface area contributed by atoms with Gasteiger partial charge in [0.1, 0.15) is 5.75 Å². The molecule has 0 spiro atoms. The Kier molecular flexibility index (Phi) is 7.58. The quantitative estimate of drug-likeness (QED) is 0.419. The number of ether oxygens (including phenoxy) is 1. The van der Waals surface area contributed by atoms with E-state index < -0.39 is 0 Å². The predicted molar refractivity (Wildman–Crippen MR) is 139 cm³/mol. The van der Waals surface area contributed by atoms with E-state index in [1.165, 1.54) is 0 Å². The van der Waals surface area contributed by atoms with Crippen molar-refractivity contribution in [1.82, 2.24) is 10.3 Å². The maximum absolute atomic E-state index is 13.4. The lowest BCUT2D eigenvalue weighted by Crippen LogP contribution is -2.31. The molecule has 0 radical (unpaired) electrons. The van der Waals surface area contributed by atoms with Crippen molar-refractivity contribution >= 4 is 17.1 Å². The fourth-order valence-electron chi connectivity index (χ4n) is 4.25. The van der Waals surface area contributed by atoms with Crippen LogP contribution < -0.4 is 10.1 Å². The molecule has 0 saturated carbocycles. The minimum absolute atomic E-state index is 0.0370. The van der Waals surface area contributed by atoms with Crippen molar-refractivity contribution in [2.45, 2.75) is 46.1 Å². The van der Waals surface area contributed by atoms with Gasteiger partial charge in [-0.3, -0.25) is 9.78 Å². The van der Waals surface area contributed by atoms with Gasteiger partial charge in [0.05, 0.1) is 12.2 Å². The zero-order valence-corrected chi connectivity index (χ0v) is 20.2. The topological polar surface area (TPSA) is 51.2 Å². The van der Waals surface area contributed by atoms with Crippen LogP contribution in [0.5, 0.6) is 5.75 Å². The first-order valence-corrected chi connectivity index (χ1v) is 12.1. The number of unbranched alkanes of at least 4 members (excludes halogenated alkanes) is 1. The first kappa shape index (κ1) is 23.5. The molecule has 0 saturated heterocycles. The summed E-state index contributed by atoms with van der Waals surface area (Å²) in [4.78, 5) is 17.8. The lowest BCUT2D eigenvalue weighted by Gasteiger charge is -2.13. The Morgan fingerprint density at radius 1 is 1.03 bits per heavy atom. The number of amides is 1. The molecule has 0 bridgehead atoms. The Balaban J connectivity index is 1.72. The van der Waals surface area contributed by atoms with Crippen molar-refractivity contribution in [3.8, 4) is 5.75 Å². The fourth-order valence-corrected chi connectivity index (χ4v) is 4.25. The van der Waals surface area contributed by atoms with Crippen molar-refractivity contribution in [2.24, 2.45) is 0 Å². The Hall–Kier alpha value is -3.66. The molecule has 4 nitrogen and oxygen atoms in total. The molecule has 0 aliphatic heterocycles. The maximum Gasteiger partial charge on any atom is 0.252 e. The van der Waals surface area contributed by atoms with E-state index in [1.807, 2.05) is 56.3 Å². The number of fused-ring (bicyclic) bond motifs is 1. The number of nitrogens with zero attached hydrogens (tertiary/aromatic N) is 1. The number of allylic oxidation sites excluding steroid dienone is 1. The van der Waals surface area contributed by atoms with Crippen LogP contribution >= 0.6 is 0 Å². The van der Waals surface area contributed by atoms with E-state index in [0.29, 0.717) is 6.61 Å². The van der Waals surface area contributed by atoms with Crippen LogP contribution in [0.3, 0.4) is 0 Å². The zero-order chi connectivity index (χ0) is 23.9. The summed E-state index contributed by atoms with van der Waals surface area (Å²) < 4.78 is 6.10. The second-order valence-electron chi connectivity index (χ2n) is 8.78. The molecule has 3 aromatic rings. The summed E-state index contributed by atoms with van der Waals surface area (Å²) in [6, 6.07) is 22.3. The first-order chi connectivity index (χ1) is 16.6. The number of hydrogen-bond acceptors (Lipinski definition) is 3. The van der Waals surface area contributed by atoms with Crippen molar-refractivity contribution < 1.29 is 9.53 Å². The number of pyridine rings is 1. The molecule has 0 fully saturated rings. The monoisotopic (exact) mass is 452 g/mol. The van der Waals surface area contributed by atoms with Crippen LogP contribution in [-0.2, 0) is 11.2 Å². The highest BCUT2D eigenvalue weighted by molar-refractivity contribution is 6.22. The number of hydrogen-bond donors (Lipinski definition) is 1. The van der Waals surface area contributed by atoms with Gasteiger partial charge in [0, 0.05) is 29.9 Å². The largest absolute Gasteiger partial charge is 0.493 e. The number of aromatic nitrogens is 1. The van der Waals surface area contributed by atoms with Gasteiger partial charge in [-0.2, -0.15) is 0 Å². The summed E-state index contributed by atoms with van der Waals surface area (Å²) in [5.74, 6) is 0.764. The lowest BCUT2D eigenvalue weighted by atomic mass is 9.97. The third kappa shape index (κ3) is 5.28. The van der Waals surface area contributed by atoms with Crippen LogP contribution in [0.1, 0.15) is 56.0 Å². The second-order valence-corrected chi connectivity index (χ2v) is 8.78. The number of rotatable bonds is 9. The Morgan fingerprint density at radius 2 is 1.82 bits per heavy atom. The molecule has 1 heterocycles. The van der Waals surface area contributed by atoms with Crippen LogP contribution in [0.15, 0.2) is 84.6 Å². The van der Waals surface area contributed by atoms with E-state index in [9.17, 15) is 4.79 Å². The van der Waals surface area contributed by atoms with E-state index in [-0.39, 0.29) is 11.9 Å². The van der Waals surface area contributed by atoms with Crippen molar-refractivity contribution in [2.75, 3.05) is 6.61 Å². The third-order valence-corrected chi connectivity index (χ3v) is 5.77. The van der Waals surface area contributed by atoms with Gasteiger partial charge in [-0.05, 0) is 66.8 Å². The summed E-state index contributed by atoms with van der Waals surface area (Å²) in [5, 5.41) is 3.12. The van der Waals surface area contributed by atoms with Crippen LogP contribution in [0, 0.1) is 0 Å². The maximum atomic E-state index is 13.4. The summed E-state index contributed by atoms with van der Waals surface area (Å²) in [6.45, 7) is 6.68. The lowest BCUT2D eigenvalue weighted by molar-refractivity contribution is -0.117. The fraction of sp³-hybridized carbons (Fsp3) is 0.267. The third-order valence-electron chi connectivity index (χ3n) is 5.77. The van der Waals surface area contributed by atoms with Crippen molar-refractivity contribution in [1.29, 1.82) is 0 Å². The molecule has 0 unspecified atom stereocenters. The average Bonchev–Trinajstić information content (AvgIpc) is 3.17. The van der Waals surface area contributed by atoms with E-state index in [0.717, 1.165) is 64.1 Å². The molecular weight excluding hydrogens is 420 g/mol. The Bertz CT molecular complexity index is 1190. The van der Waals surface area contributed by atoms with E-state index in [1.54, 1.807) is 6.20 Å². The molecule has 4 rings (SSSR count). The van der Waals surface area contributed by atoms with Gasteiger partial charge in [-0.25, -0.2) is 0 Å². The minimum atomic E-state index is -0.0370. The van der Waals surface area contributed by atoms with Gasteiger partial charge < -0.3 is 10.1 Å². The molecule has 34 heavy (non-hydrogen) atoms. The van der Waals surface area contributed by atoms with Gasteiger partial charge in [0.15, 0.2) is 0 Å². The number of carbonyl (C=O) groups is 1. The predicted octanol–water partition coefficient (Wildman–Crippen LogP) is 6.23. The van der Waals surface area contributed by atoms with Crippen LogP contribution in [0.4, 0.5) is 0 Å². The summed E-state index contributed by atoms with van der Waals surface area (Å²) in [6.07, 6.45) is 6.66. The van der Waals surface area contributed by atoms with Gasteiger partial charge >= 0.3 is 0 Å². The van der Waals surface area contributed by atoms with Crippen LogP contribution in [0.25, 0.3) is 11.1 Å². The van der Waals surface area contributed by atoms with Gasteiger partial charge in [-0.1, -0.05) is 61.9 Å². The van der Waals surface area contributed by atoms with E-state index in [4.69, 9.17) is 4.74 Å². The Labute approximate surface area is 202 Å². The van der Waals surface area contributed by atoms with Gasteiger partial charge in [-0.15, -0.1) is 0 Å². The summed E-state index contributed by atoms with van der Waals surface area (Å²) >= 11 is 0. The van der Waals surface area contributed by atoms with Crippen LogP contribution in [-0.4, -0.2) is 23.5 Å². The summed E-state index contributed by atoms with van der Waals surface area (Å²) in [5.41, 5.74) is 6.89. The highest BCUT2D eigenvalue weighted by atomic mass is 16.5. The molecule has 2 aromatic carbocycles. The number of benzene rings is 2. The molecule has 1 aliphatic rings. The van der Waals surface area contributed by atoms with E-state index >= 15 is 0 Å². The minimum Gasteiger partial charge on any atom is -0.493 e. The molecule has 1 aromatic heterocycles. The highest BCUT2D eigenvalue weighted by Crippen LogP contribution is 2.46. The molecular formula is C30H32N2O2. The molecule has 1 amide bonds. The normalized spacial score (nSPS) is 13.9. The number of nitrogens with one attached hydrogen (secondary N) is 1. The van der Waals surface area contributed by atoms with Gasteiger partial charge in [0.25, 0.3) is 5.91 Å². The molecule has 0 atom stereocenters. The SMILES string of the molecule is CCC/C=C1\C(C(=O)NC(C)C)=C(c2ccccc2)c2ccc(OCCc3ccccn3)cc21. The Morgan fingerprint density at radius 3 is 2.53 bits per heavy atom. The van der Waals surface area contributed by atoms with Crippen LogP contribution in [0.2, 0.25) is 0 Å².